The van der Waals surface area contributed by atoms with E-state index < -0.39 is 0 Å². The van der Waals surface area contributed by atoms with Crippen molar-refractivity contribution in [3.05, 3.63) is 96.1 Å². The van der Waals surface area contributed by atoms with E-state index in [1.165, 1.54) is 18.2 Å². The third-order valence-corrected chi connectivity index (χ3v) is 3.49. The molecule has 3 rings (SSSR count). The van der Waals surface area contributed by atoms with Crippen molar-refractivity contribution in [1.82, 2.24) is 0 Å². The first kappa shape index (κ1) is 19.9. The molecule has 0 saturated carbocycles. The number of carbonyl (C=O) groups is 2. The predicted molar refractivity (Wildman–Crippen MR) is 102 cm³/mol. The molecule has 0 aliphatic carbocycles. The van der Waals surface area contributed by atoms with Gasteiger partial charge in [0, 0.05) is 17.2 Å². The summed E-state index contributed by atoms with van der Waals surface area (Å²) < 4.78 is 5.17. The number of rotatable bonds is 6. The Kier molecular flexibility index (Phi) is 7.75. The van der Waals surface area contributed by atoms with Crippen molar-refractivity contribution in [2.75, 3.05) is 13.2 Å². The SMILES string of the molecule is O=C(COCC(=O)c1ccccc1)c1ccccc1.Oc1cccc(O)c1. The quantitative estimate of drug-likeness (QED) is 0.649. The molecule has 0 aliphatic rings. The molecule has 3 aromatic rings. The van der Waals surface area contributed by atoms with Crippen molar-refractivity contribution in [3.8, 4) is 11.5 Å². The maximum Gasteiger partial charge on any atom is 0.188 e. The zero-order valence-corrected chi connectivity index (χ0v) is 14.6. The fourth-order valence-electron chi connectivity index (χ4n) is 2.14. The molecule has 0 spiro atoms. The first-order chi connectivity index (χ1) is 13.1. The van der Waals surface area contributed by atoms with Gasteiger partial charge in [-0.1, -0.05) is 66.7 Å². The molecule has 0 bridgehead atoms. The van der Waals surface area contributed by atoms with Crippen LogP contribution in [0.5, 0.6) is 11.5 Å². The minimum atomic E-state index is -0.124. The van der Waals surface area contributed by atoms with Crippen LogP contribution in [0.25, 0.3) is 0 Å². The van der Waals surface area contributed by atoms with Crippen molar-refractivity contribution < 1.29 is 24.5 Å². The monoisotopic (exact) mass is 364 g/mol. The molecule has 0 fully saturated rings. The average molecular weight is 364 g/mol. The maximum absolute atomic E-state index is 11.7. The summed E-state index contributed by atoms with van der Waals surface area (Å²) >= 11 is 0. The number of aromatic hydroxyl groups is 2. The van der Waals surface area contributed by atoms with Gasteiger partial charge in [0.15, 0.2) is 11.6 Å². The van der Waals surface area contributed by atoms with Crippen molar-refractivity contribution in [2.24, 2.45) is 0 Å². The summed E-state index contributed by atoms with van der Waals surface area (Å²) in [5, 5.41) is 17.3. The molecule has 27 heavy (non-hydrogen) atoms. The topological polar surface area (TPSA) is 83.8 Å². The van der Waals surface area contributed by atoms with Crippen molar-refractivity contribution in [3.63, 3.8) is 0 Å². The Hall–Kier alpha value is -3.44. The number of phenolic OH excluding ortho intramolecular Hbond substituents is 2. The first-order valence-corrected chi connectivity index (χ1v) is 8.28. The van der Waals surface area contributed by atoms with E-state index in [1.54, 1.807) is 54.6 Å². The lowest BCUT2D eigenvalue weighted by Gasteiger charge is -2.03. The van der Waals surface area contributed by atoms with E-state index in [-0.39, 0.29) is 36.3 Å². The van der Waals surface area contributed by atoms with Crippen LogP contribution in [0.1, 0.15) is 20.7 Å². The van der Waals surface area contributed by atoms with Crippen LogP contribution in [0.2, 0.25) is 0 Å². The average Bonchev–Trinajstić information content (AvgIpc) is 2.69. The number of hydrogen-bond acceptors (Lipinski definition) is 5. The molecule has 5 heteroatoms. The Morgan fingerprint density at radius 3 is 1.37 bits per heavy atom. The van der Waals surface area contributed by atoms with Crippen molar-refractivity contribution in [1.29, 1.82) is 0 Å². The summed E-state index contributed by atoms with van der Waals surface area (Å²) in [7, 11) is 0. The molecule has 0 atom stereocenters. The third kappa shape index (κ3) is 7.13. The van der Waals surface area contributed by atoms with Crippen LogP contribution in [0.15, 0.2) is 84.9 Å². The van der Waals surface area contributed by atoms with Gasteiger partial charge in [-0.05, 0) is 12.1 Å². The lowest BCUT2D eigenvalue weighted by Crippen LogP contribution is -2.15. The highest BCUT2D eigenvalue weighted by molar-refractivity contribution is 5.98. The van der Waals surface area contributed by atoms with E-state index in [2.05, 4.69) is 0 Å². The lowest BCUT2D eigenvalue weighted by molar-refractivity contribution is 0.0672. The van der Waals surface area contributed by atoms with Gasteiger partial charge >= 0.3 is 0 Å². The molecule has 5 nitrogen and oxygen atoms in total. The fraction of sp³-hybridized carbons (Fsp3) is 0.0909. The molecule has 0 saturated heterocycles. The summed E-state index contributed by atoms with van der Waals surface area (Å²) in [6, 6.07) is 23.6. The highest BCUT2D eigenvalue weighted by Gasteiger charge is 2.08. The second-order valence-corrected chi connectivity index (χ2v) is 5.59. The van der Waals surface area contributed by atoms with Crippen molar-refractivity contribution >= 4 is 11.6 Å². The van der Waals surface area contributed by atoms with Crippen LogP contribution in [-0.2, 0) is 4.74 Å². The molecule has 0 aliphatic heterocycles. The van der Waals surface area contributed by atoms with Crippen LogP contribution in [0.4, 0.5) is 0 Å². The van der Waals surface area contributed by atoms with Gasteiger partial charge in [-0.3, -0.25) is 9.59 Å². The lowest BCUT2D eigenvalue weighted by atomic mass is 10.1. The van der Waals surface area contributed by atoms with Gasteiger partial charge < -0.3 is 14.9 Å². The number of carbonyl (C=O) groups excluding carboxylic acids is 2. The number of benzene rings is 3. The molecule has 0 amide bonds. The van der Waals surface area contributed by atoms with E-state index in [9.17, 15) is 9.59 Å². The Bertz CT molecular complexity index is 791. The van der Waals surface area contributed by atoms with E-state index >= 15 is 0 Å². The number of Topliss-reactive ketones (excluding diaryl/α,β-unsaturated/α-hetero) is 2. The van der Waals surface area contributed by atoms with Crippen LogP contribution in [0, 0.1) is 0 Å². The van der Waals surface area contributed by atoms with Crippen LogP contribution in [-0.4, -0.2) is 35.0 Å². The van der Waals surface area contributed by atoms with Crippen LogP contribution >= 0.6 is 0 Å². The molecule has 0 radical (unpaired) electrons. The zero-order valence-electron chi connectivity index (χ0n) is 14.6. The summed E-state index contributed by atoms with van der Waals surface area (Å²) in [5.41, 5.74) is 1.18. The number of ketones is 2. The smallest absolute Gasteiger partial charge is 0.188 e. The van der Waals surface area contributed by atoms with Gasteiger partial charge in [0.1, 0.15) is 24.7 Å². The van der Waals surface area contributed by atoms with E-state index in [1.807, 2.05) is 12.1 Å². The standard InChI is InChI=1S/C16H14O3.C6H6O2/c17-15(13-7-3-1-4-8-13)11-19-12-16(18)14-9-5-2-6-10-14;7-5-2-1-3-6(8)4-5/h1-10H,11-12H2;1-4,7-8H. The minimum Gasteiger partial charge on any atom is -0.508 e. The number of hydrogen-bond donors (Lipinski definition) is 2. The Balaban J connectivity index is 0.000000273. The van der Waals surface area contributed by atoms with E-state index in [4.69, 9.17) is 14.9 Å². The van der Waals surface area contributed by atoms with Gasteiger partial charge in [0.25, 0.3) is 0 Å². The second-order valence-electron chi connectivity index (χ2n) is 5.59. The van der Waals surface area contributed by atoms with Crippen LogP contribution in [0.3, 0.4) is 0 Å². The summed E-state index contributed by atoms with van der Waals surface area (Å²) in [5.74, 6) is -0.0714. The van der Waals surface area contributed by atoms with Gasteiger partial charge in [-0.25, -0.2) is 0 Å². The molecule has 0 heterocycles. The largest absolute Gasteiger partial charge is 0.508 e. The number of ether oxygens (including phenoxy) is 1. The minimum absolute atomic E-state index is 0.0808. The molecule has 138 valence electrons. The second kappa shape index (κ2) is 10.5. The number of phenols is 2. The van der Waals surface area contributed by atoms with Gasteiger partial charge in [0.2, 0.25) is 0 Å². The molecular formula is C22H20O5. The van der Waals surface area contributed by atoms with Gasteiger partial charge in [0.05, 0.1) is 0 Å². The zero-order chi connectivity index (χ0) is 19.5. The highest BCUT2D eigenvalue weighted by atomic mass is 16.5. The molecule has 0 aromatic heterocycles. The Morgan fingerprint density at radius 2 is 1.04 bits per heavy atom. The van der Waals surface area contributed by atoms with E-state index in [0.717, 1.165) is 0 Å². The fourth-order valence-corrected chi connectivity index (χ4v) is 2.14. The Labute approximate surface area is 157 Å². The predicted octanol–water partition coefficient (Wildman–Crippen LogP) is 3.87. The highest BCUT2D eigenvalue weighted by Crippen LogP contribution is 2.14. The first-order valence-electron chi connectivity index (χ1n) is 8.28. The normalized spacial score (nSPS) is 9.78. The molecule has 2 N–H and O–H groups in total. The molecular weight excluding hydrogens is 344 g/mol. The molecule has 3 aromatic carbocycles. The van der Waals surface area contributed by atoms with Crippen molar-refractivity contribution in [2.45, 2.75) is 0 Å². The Morgan fingerprint density at radius 1 is 0.630 bits per heavy atom. The van der Waals surface area contributed by atoms with Crippen LogP contribution < -0.4 is 0 Å². The third-order valence-electron chi connectivity index (χ3n) is 3.49. The van der Waals surface area contributed by atoms with Gasteiger partial charge in [-0.15, -0.1) is 0 Å². The summed E-state index contributed by atoms with van der Waals surface area (Å²) in [6.45, 7) is -0.162. The molecule has 0 unspecified atom stereocenters. The summed E-state index contributed by atoms with van der Waals surface area (Å²) in [4.78, 5) is 23.5. The van der Waals surface area contributed by atoms with E-state index in [0.29, 0.717) is 11.1 Å². The van der Waals surface area contributed by atoms with Gasteiger partial charge in [-0.2, -0.15) is 0 Å². The maximum atomic E-state index is 11.7. The summed E-state index contributed by atoms with van der Waals surface area (Å²) in [6.07, 6.45) is 0.